The molecule has 4 nitrogen and oxygen atoms in total. The summed E-state index contributed by atoms with van der Waals surface area (Å²) in [5.74, 6) is 0. The summed E-state index contributed by atoms with van der Waals surface area (Å²) in [6.45, 7) is 18.1. The minimum Gasteiger partial charge on any atom is -0.317 e. The first kappa shape index (κ1) is 17.2. The normalized spacial score (nSPS) is 24.0. The second kappa shape index (κ2) is 9.09. The molecular formula is C17H36N4. The van der Waals surface area contributed by atoms with Crippen LogP contribution in [0.2, 0.25) is 0 Å². The summed E-state index contributed by atoms with van der Waals surface area (Å²) in [5, 5.41) is 3.42. The first-order valence-electron chi connectivity index (χ1n) is 9.12. The van der Waals surface area contributed by atoms with Gasteiger partial charge in [-0.1, -0.05) is 6.92 Å². The molecule has 21 heavy (non-hydrogen) atoms. The molecule has 0 atom stereocenters. The molecule has 0 bridgehead atoms. The van der Waals surface area contributed by atoms with Gasteiger partial charge >= 0.3 is 0 Å². The Morgan fingerprint density at radius 3 is 2.24 bits per heavy atom. The zero-order valence-electron chi connectivity index (χ0n) is 14.5. The van der Waals surface area contributed by atoms with Gasteiger partial charge in [0.15, 0.2) is 0 Å². The summed E-state index contributed by atoms with van der Waals surface area (Å²) in [6.07, 6.45) is 4.04. The molecule has 2 aliphatic heterocycles. The van der Waals surface area contributed by atoms with Crippen molar-refractivity contribution in [1.29, 1.82) is 0 Å². The zero-order chi connectivity index (χ0) is 15.1. The minimum absolute atomic E-state index is 0.722. The Balaban J connectivity index is 1.61. The lowest BCUT2D eigenvalue weighted by atomic mass is 10.0. The predicted octanol–water partition coefficient (Wildman–Crippen LogP) is 1.48. The lowest BCUT2D eigenvalue weighted by Gasteiger charge is -2.43. The highest BCUT2D eigenvalue weighted by molar-refractivity contribution is 4.84. The molecule has 0 unspecified atom stereocenters. The quantitative estimate of drug-likeness (QED) is 0.718. The van der Waals surface area contributed by atoms with Gasteiger partial charge in [0.25, 0.3) is 0 Å². The molecule has 0 radical (unpaired) electrons. The molecule has 0 amide bonds. The van der Waals surface area contributed by atoms with Crippen molar-refractivity contribution in [3.05, 3.63) is 0 Å². The van der Waals surface area contributed by atoms with Crippen molar-refractivity contribution in [2.45, 2.75) is 52.1 Å². The number of nitrogens with zero attached hydrogens (tertiary/aromatic N) is 3. The SMILES string of the molecule is CCNCCCN1CCN(C2CCN(C(C)C)CC2)CC1. The maximum Gasteiger partial charge on any atom is 0.0121 e. The molecule has 0 spiro atoms. The van der Waals surface area contributed by atoms with E-state index in [-0.39, 0.29) is 0 Å². The summed E-state index contributed by atoms with van der Waals surface area (Å²) in [6, 6.07) is 1.57. The minimum atomic E-state index is 0.722. The van der Waals surface area contributed by atoms with Gasteiger partial charge in [-0.05, 0) is 65.8 Å². The monoisotopic (exact) mass is 296 g/mol. The highest BCUT2D eigenvalue weighted by Gasteiger charge is 2.27. The molecule has 0 aromatic carbocycles. The zero-order valence-corrected chi connectivity index (χ0v) is 14.5. The van der Waals surface area contributed by atoms with Crippen molar-refractivity contribution in [2.75, 3.05) is 58.9 Å². The van der Waals surface area contributed by atoms with E-state index in [1.54, 1.807) is 0 Å². The van der Waals surface area contributed by atoms with Crippen LogP contribution in [0.25, 0.3) is 0 Å². The first-order valence-corrected chi connectivity index (χ1v) is 9.12. The second-order valence-electron chi connectivity index (χ2n) is 6.95. The number of likely N-dealkylation sites (tertiary alicyclic amines) is 1. The molecule has 124 valence electrons. The maximum absolute atomic E-state index is 3.42. The summed E-state index contributed by atoms with van der Waals surface area (Å²) in [5.41, 5.74) is 0. The smallest absolute Gasteiger partial charge is 0.0121 e. The van der Waals surface area contributed by atoms with Gasteiger partial charge in [0, 0.05) is 38.3 Å². The van der Waals surface area contributed by atoms with E-state index in [1.807, 2.05) is 0 Å². The fourth-order valence-electron chi connectivity index (χ4n) is 3.72. The highest BCUT2D eigenvalue weighted by atomic mass is 15.3. The van der Waals surface area contributed by atoms with E-state index in [9.17, 15) is 0 Å². The third-order valence-electron chi connectivity index (χ3n) is 5.23. The lowest BCUT2D eigenvalue weighted by molar-refractivity contribution is 0.0516. The van der Waals surface area contributed by atoms with Crippen LogP contribution < -0.4 is 5.32 Å². The molecule has 0 aromatic heterocycles. The van der Waals surface area contributed by atoms with Gasteiger partial charge in [0.1, 0.15) is 0 Å². The van der Waals surface area contributed by atoms with Crippen molar-refractivity contribution in [3.8, 4) is 0 Å². The average molecular weight is 297 g/mol. The lowest BCUT2D eigenvalue weighted by Crippen LogP contribution is -2.53. The van der Waals surface area contributed by atoms with Crippen LogP contribution in [-0.2, 0) is 0 Å². The van der Waals surface area contributed by atoms with Crippen molar-refractivity contribution < 1.29 is 0 Å². The van der Waals surface area contributed by atoms with E-state index in [2.05, 4.69) is 40.8 Å². The number of hydrogen-bond acceptors (Lipinski definition) is 4. The third kappa shape index (κ3) is 5.51. The number of piperazine rings is 1. The van der Waals surface area contributed by atoms with E-state index in [1.165, 1.54) is 71.6 Å². The highest BCUT2D eigenvalue weighted by Crippen LogP contribution is 2.19. The molecule has 0 aliphatic carbocycles. The third-order valence-corrected chi connectivity index (χ3v) is 5.23. The van der Waals surface area contributed by atoms with Crippen LogP contribution in [0.15, 0.2) is 0 Å². The standard InChI is InChI=1S/C17H36N4/c1-4-18-8-5-9-19-12-14-21(15-13-19)17-6-10-20(11-7-17)16(2)3/h16-18H,4-15H2,1-3H3. The average Bonchev–Trinajstić information content (AvgIpc) is 2.52. The van der Waals surface area contributed by atoms with Crippen LogP contribution in [0.3, 0.4) is 0 Å². The molecule has 2 saturated heterocycles. The van der Waals surface area contributed by atoms with Gasteiger partial charge in [0.05, 0.1) is 0 Å². The molecule has 2 aliphatic rings. The van der Waals surface area contributed by atoms with E-state index >= 15 is 0 Å². The van der Waals surface area contributed by atoms with Crippen molar-refractivity contribution in [2.24, 2.45) is 0 Å². The van der Waals surface area contributed by atoms with Crippen LogP contribution in [0.4, 0.5) is 0 Å². The summed E-state index contributed by atoms with van der Waals surface area (Å²) >= 11 is 0. The van der Waals surface area contributed by atoms with Gasteiger partial charge < -0.3 is 15.1 Å². The molecule has 2 rings (SSSR count). The van der Waals surface area contributed by atoms with Crippen molar-refractivity contribution in [1.82, 2.24) is 20.0 Å². The van der Waals surface area contributed by atoms with Gasteiger partial charge in [-0.3, -0.25) is 4.90 Å². The summed E-state index contributed by atoms with van der Waals surface area (Å²) in [4.78, 5) is 8.04. The first-order chi connectivity index (χ1) is 10.2. The second-order valence-corrected chi connectivity index (χ2v) is 6.95. The molecule has 4 heteroatoms. The Labute approximate surface area is 131 Å². The Morgan fingerprint density at radius 1 is 1.00 bits per heavy atom. The number of piperidine rings is 1. The number of nitrogens with one attached hydrogen (secondary N) is 1. The van der Waals surface area contributed by atoms with Gasteiger partial charge in [-0.15, -0.1) is 0 Å². The summed E-state index contributed by atoms with van der Waals surface area (Å²) < 4.78 is 0. The van der Waals surface area contributed by atoms with Crippen molar-refractivity contribution in [3.63, 3.8) is 0 Å². The van der Waals surface area contributed by atoms with Crippen LogP contribution in [0.5, 0.6) is 0 Å². The van der Waals surface area contributed by atoms with E-state index < -0.39 is 0 Å². The van der Waals surface area contributed by atoms with Crippen LogP contribution in [-0.4, -0.2) is 85.7 Å². The van der Waals surface area contributed by atoms with Crippen LogP contribution in [0.1, 0.15) is 40.0 Å². The molecule has 0 aromatic rings. The Bertz CT molecular complexity index is 266. The van der Waals surface area contributed by atoms with Gasteiger partial charge in [-0.25, -0.2) is 0 Å². The molecule has 2 fully saturated rings. The summed E-state index contributed by atoms with van der Waals surface area (Å²) in [7, 11) is 0. The van der Waals surface area contributed by atoms with Gasteiger partial charge in [0.2, 0.25) is 0 Å². The largest absolute Gasteiger partial charge is 0.317 e. The van der Waals surface area contributed by atoms with E-state index in [4.69, 9.17) is 0 Å². The van der Waals surface area contributed by atoms with Gasteiger partial charge in [-0.2, -0.15) is 0 Å². The molecular weight excluding hydrogens is 260 g/mol. The Hall–Kier alpha value is -0.160. The topological polar surface area (TPSA) is 21.8 Å². The molecule has 2 heterocycles. The Morgan fingerprint density at radius 2 is 1.67 bits per heavy atom. The van der Waals surface area contributed by atoms with Crippen LogP contribution in [0, 0.1) is 0 Å². The fourth-order valence-corrected chi connectivity index (χ4v) is 3.72. The predicted molar refractivity (Wildman–Crippen MR) is 90.9 cm³/mol. The van der Waals surface area contributed by atoms with Crippen LogP contribution >= 0.6 is 0 Å². The fraction of sp³-hybridized carbons (Fsp3) is 1.00. The van der Waals surface area contributed by atoms with E-state index in [0.717, 1.165) is 18.6 Å². The number of rotatable bonds is 7. The molecule has 1 N–H and O–H groups in total. The Kier molecular flexibility index (Phi) is 7.44. The van der Waals surface area contributed by atoms with Crippen molar-refractivity contribution >= 4 is 0 Å². The molecule has 0 saturated carbocycles. The van der Waals surface area contributed by atoms with E-state index in [0.29, 0.717) is 0 Å². The number of hydrogen-bond donors (Lipinski definition) is 1. The maximum atomic E-state index is 3.42.